The molecule has 0 radical (unpaired) electrons. The summed E-state index contributed by atoms with van der Waals surface area (Å²) >= 11 is 0. The van der Waals surface area contributed by atoms with Crippen molar-refractivity contribution in [3.8, 4) is 11.5 Å². The van der Waals surface area contributed by atoms with Crippen LogP contribution in [0.2, 0.25) is 0 Å². The van der Waals surface area contributed by atoms with Gasteiger partial charge in [-0.2, -0.15) is 0 Å². The molecule has 2 aromatic rings. The van der Waals surface area contributed by atoms with Crippen LogP contribution in [0.5, 0.6) is 11.5 Å². The number of methoxy groups -OCH3 is 1. The first-order valence-corrected chi connectivity index (χ1v) is 5.31. The average Bonchev–Trinajstić information content (AvgIpc) is 2.38. The standard InChI is InChI=1S/C14H14O3/c1-17-13-7-5-10(6-8-13)14(16)11-3-2-4-12(15)9-11/h2-9,14-16H,1H3. The van der Waals surface area contributed by atoms with E-state index < -0.39 is 6.10 Å². The summed E-state index contributed by atoms with van der Waals surface area (Å²) in [6.07, 6.45) is -0.743. The number of hydrogen-bond acceptors (Lipinski definition) is 3. The molecule has 3 heteroatoms. The van der Waals surface area contributed by atoms with Crippen molar-refractivity contribution in [2.75, 3.05) is 7.11 Å². The molecule has 0 saturated heterocycles. The number of rotatable bonds is 3. The van der Waals surface area contributed by atoms with Crippen LogP contribution in [0.3, 0.4) is 0 Å². The predicted octanol–water partition coefficient (Wildman–Crippen LogP) is 2.48. The van der Waals surface area contributed by atoms with Gasteiger partial charge in [-0.25, -0.2) is 0 Å². The van der Waals surface area contributed by atoms with Gasteiger partial charge in [-0.05, 0) is 35.4 Å². The van der Waals surface area contributed by atoms with Crippen LogP contribution >= 0.6 is 0 Å². The number of phenolic OH excluding ortho intramolecular Hbond substituents is 1. The molecule has 0 heterocycles. The van der Waals surface area contributed by atoms with Crippen LogP contribution in [0.1, 0.15) is 17.2 Å². The van der Waals surface area contributed by atoms with Crippen LogP contribution in [0.15, 0.2) is 48.5 Å². The molecule has 1 unspecified atom stereocenters. The number of aliphatic hydroxyl groups excluding tert-OH is 1. The molecule has 0 amide bonds. The first kappa shape index (κ1) is 11.5. The van der Waals surface area contributed by atoms with E-state index in [-0.39, 0.29) is 5.75 Å². The minimum atomic E-state index is -0.743. The van der Waals surface area contributed by atoms with Crippen LogP contribution in [0.4, 0.5) is 0 Å². The molecule has 17 heavy (non-hydrogen) atoms. The van der Waals surface area contributed by atoms with E-state index in [0.717, 1.165) is 11.3 Å². The monoisotopic (exact) mass is 230 g/mol. The largest absolute Gasteiger partial charge is 0.508 e. The second kappa shape index (κ2) is 4.89. The number of benzene rings is 2. The van der Waals surface area contributed by atoms with Gasteiger partial charge in [0.05, 0.1) is 7.11 Å². The van der Waals surface area contributed by atoms with Gasteiger partial charge in [0.25, 0.3) is 0 Å². The van der Waals surface area contributed by atoms with Crippen molar-refractivity contribution in [2.24, 2.45) is 0 Å². The number of aromatic hydroxyl groups is 1. The first-order chi connectivity index (χ1) is 8.20. The third-order valence-electron chi connectivity index (χ3n) is 2.62. The quantitative estimate of drug-likeness (QED) is 0.851. The molecule has 0 aromatic heterocycles. The van der Waals surface area contributed by atoms with Crippen molar-refractivity contribution in [1.29, 1.82) is 0 Å². The lowest BCUT2D eigenvalue weighted by atomic mass is 10.0. The van der Waals surface area contributed by atoms with Gasteiger partial charge in [-0.1, -0.05) is 24.3 Å². The molecule has 1 atom stereocenters. The molecule has 0 fully saturated rings. The van der Waals surface area contributed by atoms with Gasteiger partial charge in [0, 0.05) is 0 Å². The van der Waals surface area contributed by atoms with Gasteiger partial charge < -0.3 is 14.9 Å². The molecule has 2 rings (SSSR count). The molecule has 0 aliphatic carbocycles. The Kier molecular flexibility index (Phi) is 3.30. The van der Waals surface area contributed by atoms with Crippen molar-refractivity contribution >= 4 is 0 Å². The number of aliphatic hydroxyl groups is 1. The summed E-state index contributed by atoms with van der Waals surface area (Å²) in [5, 5.41) is 19.5. The van der Waals surface area contributed by atoms with E-state index in [4.69, 9.17) is 4.74 Å². The fourth-order valence-corrected chi connectivity index (χ4v) is 1.67. The van der Waals surface area contributed by atoms with Gasteiger partial charge in [0.1, 0.15) is 17.6 Å². The predicted molar refractivity (Wildman–Crippen MR) is 65.2 cm³/mol. The van der Waals surface area contributed by atoms with Crippen molar-refractivity contribution in [3.05, 3.63) is 59.7 Å². The highest BCUT2D eigenvalue weighted by Crippen LogP contribution is 2.25. The van der Waals surface area contributed by atoms with Crippen LogP contribution in [-0.2, 0) is 0 Å². The summed E-state index contributed by atoms with van der Waals surface area (Å²) in [4.78, 5) is 0. The van der Waals surface area contributed by atoms with Gasteiger partial charge >= 0.3 is 0 Å². The SMILES string of the molecule is COc1ccc(C(O)c2cccc(O)c2)cc1. The Labute approximate surface area is 99.9 Å². The highest BCUT2D eigenvalue weighted by Gasteiger charge is 2.10. The summed E-state index contributed by atoms with van der Waals surface area (Å²) in [7, 11) is 1.60. The molecule has 2 N–H and O–H groups in total. The minimum Gasteiger partial charge on any atom is -0.508 e. The zero-order chi connectivity index (χ0) is 12.3. The van der Waals surface area contributed by atoms with E-state index in [1.54, 1.807) is 55.6 Å². The second-order valence-corrected chi connectivity index (χ2v) is 3.77. The van der Waals surface area contributed by atoms with Gasteiger partial charge in [0.15, 0.2) is 0 Å². The molecular weight excluding hydrogens is 216 g/mol. The number of ether oxygens (including phenoxy) is 1. The van der Waals surface area contributed by atoms with Crippen molar-refractivity contribution in [1.82, 2.24) is 0 Å². The molecule has 0 aliphatic heterocycles. The van der Waals surface area contributed by atoms with Gasteiger partial charge in [0.2, 0.25) is 0 Å². The molecule has 2 aromatic carbocycles. The van der Waals surface area contributed by atoms with Crippen molar-refractivity contribution < 1.29 is 14.9 Å². The Morgan fingerprint density at radius 3 is 2.29 bits per heavy atom. The summed E-state index contributed by atoms with van der Waals surface area (Å²) in [5.74, 6) is 0.895. The first-order valence-electron chi connectivity index (χ1n) is 5.31. The summed E-state index contributed by atoms with van der Waals surface area (Å²) in [5.41, 5.74) is 1.42. The maximum Gasteiger partial charge on any atom is 0.118 e. The van der Waals surface area contributed by atoms with E-state index in [2.05, 4.69) is 0 Å². The summed E-state index contributed by atoms with van der Waals surface area (Å²) in [6.45, 7) is 0. The fraction of sp³-hybridized carbons (Fsp3) is 0.143. The number of phenols is 1. The van der Waals surface area contributed by atoms with Crippen molar-refractivity contribution in [2.45, 2.75) is 6.10 Å². The third-order valence-corrected chi connectivity index (χ3v) is 2.62. The fourth-order valence-electron chi connectivity index (χ4n) is 1.67. The van der Waals surface area contributed by atoms with Crippen LogP contribution in [0, 0.1) is 0 Å². The van der Waals surface area contributed by atoms with Gasteiger partial charge in [-0.15, -0.1) is 0 Å². The molecule has 0 aliphatic rings. The van der Waals surface area contributed by atoms with E-state index >= 15 is 0 Å². The van der Waals surface area contributed by atoms with E-state index in [0.29, 0.717) is 5.56 Å². The highest BCUT2D eigenvalue weighted by molar-refractivity contribution is 5.36. The molecule has 88 valence electrons. The lowest BCUT2D eigenvalue weighted by Gasteiger charge is -2.12. The topological polar surface area (TPSA) is 49.7 Å². The zero-order valence-electron chi connectivity index (χ0n) is 9.50. The summed E-state index contributed by atoms with van der Waals surface area (Å²) < 4.78 is 5.05. The number of hydrogen-bond donors (Lipinski definition) is 2. The van der Waals surface area contributed by atoms with Crippen molar-refractivity contribution in [3.63, 3.8) is 0 Å². The maximum atomic E-state index is 10.1. The second-order valence-electron chi connectivity index (χ2n) is 3.77. The minimum absolute atomic E-state index is 0.148. The average molecular weight is 230 g/mol. The normalized spacial score (nSPS) is 12.1. The zero-order valence-corrected chi connectivity index (χ0v) is 9.50. The molecule has 0 saturated carbocycles. The Morgan fingerprint density at radius 1 is 1.00 bits per heavy atom. The third kappa shape index (κ3) is 2.57. The Hall–Kier alpha value is -2.00. The Bertz CT molecular complexity index is 491. The lowest BCUT2D eigenvalue weighted by molar-refractivity contribution is 0.219. The molecule has 0 spiro atoms. The van der Waals surface area contributed by atoms with Gasteiger partial charge in [-0.3, -0.25) is 0 Å². The van der Waals surface area contributed by atoms with E-state index in [1.165, 1.54) is 0 Å². The maximum absolute atomic E-state index is 10.1. The van der Waals surface area contributed by atoms with Crippen LogP contribution in [-0.4, -0.2) is 17.3 Å². The smallest absolute Gasteiger partial charge is 0.118 e. The van der Waals surface area contributed by atoms with E-state index in [1.807, 2.05) is 0 Å². The Morgan fingerprint density at radius 2 is 1.71 bits per heavy atom. The van der Waals surface area contributed by atoms with Crippen LogP contribution in [0.25, 0.3) is 0 Å². The highest BCUT2D eigenvalue weighted by atomic mass is 16.5. The molecular formula is C14H14O3. The van der Waals surface area contributed by atoms with E-state index in [9.17, 15) is 10.2 Å². The van der Waals surface area contributed by atoms with Crippen LogP contribution < -0.4 is 4.74 Å². The molecule has 0 bridgehead atoms. The molecule has 3 nitrogen and oxygen atoms in total. The Balaban J connectivity index is 2.27. The lowest BCUT2D eigenvalue weighted by Crippen LogP contribution is -1.99. The summed E-state index contributed by atoms with van der Waals surface area (Å²) in [6, 6.07) is 13.8.